The van der Waals surface area contributed by atoms with E-state index in [4.69, 9.17) is 10.2 Å². The summed E-state index contributed by atoms with van der Waals surface area (Å²) in [5, 5.41) is 17.5. The van der Waals surface area contributed by atoms with Gasteiger partial charge in [-0.3, -0.25) is 4.79 Å². The first-order chi connectivity index (χ1) is 7.95. The van der Waals surface area contributed by atoms with Crippen LogP contribution in [0.15, 0.2) is 18.2 Å². The van der Waals surface area contributed by atoms with Crippen LogP contribution in [0.5, 0.6) is 0 Å². The van der Waals surface area contributed by atoms with Gasteiger partial charge < -0.3 is 14.9 Å². The third-order valence-electron chi connectivity index (χ3n) is 2.10. The van der Waals surface area contributed by atoms with E-state index in [1.54, 1.807) is 0 Å². The molecule has 6 heteroatoms. The van der Waals surface area contributed by atoms with Crippen LogP contribution < -0.4 is 0 Å². The number of hydrogen-bond acceptors (Lipinski definition) is 4. The van der Waals surface area contributed by atoms with E-state index >= 15 is 0 Å². The van der Waals surface area contributed by atoms with E-state index in [0.29, 0.717) is 0 Å². The van der Waals surface area contributed by atoms with E-state index < -0.39 is 24.3 Å². The summed E-state index contributed by atoms with van der Waals surface area (Å²) in [4.78, 5) is 32.6. The number of aliphatic carboxylic acids is 1. The molecule has 17 heavy (non-hydrogen) atoms. The van der Waals surface area contributed by atoms with Gasteiger partial charge in [-0.1, -0.05) is 6.07 Å². The molecule has 2 N–H and O–H groups in total. The van der Waals surface area contributed by atoms with Crippen LogP contribution in [0, 0.1) is 0 Å². The molecule has 0 bridgehead atoms. The SMILES string of the molecule is COC(=O)c1ccc(CC(=O)O)c(C(=O)O)c1. The Morgan fingerprint density at radius 1 is 1.24 bits per heavy atom. The van der Waals surface area contributed by atoms with Crippen LogP contribution in [0.2, 0.25) is 0 Å². The lowest BCUT2D eigenvalue weighted by Crippen LogP contribution is -2.10. The van der Waals surface area contributed by atoms with Crippen molar-refractivity contribution in [3.63, 3.8) is 0 Å². The molecule has 0 fully saturated rings. The van der Waals surface area contributed by atoms with Crippen LogP contribution in [0.25, 0.3) is 0 Å². The van der Waals surface area contributed by atoms with Crippen molar-refractivity contribution in [2.45, 2.75) is 6.42 Å². The van der Waals surface area contributed by atoms with Gasteiger partial charge >= 0.3 is 17.9 Å². The molecule has 90 valence electrons. The highest BCUT2D eigenvalue weighted by Gasteiger charge is 2.16. The Kier molecular flexibility index (Phi) is 3.82. The number of hydrogen-bond donors (Lipinski definition) is 2. The topological polar surface area (TPSA) is 101 Å². The lowest BCUT2D eigenvalue weighted by atomic mass is 10.0. The Labute approximate surface area is 96.4 Å². The number of aromatic carboxylic acids is 1. The summed E-state index contributed by atoms with van der Waals surface area (Å²) in [6.45, 7) is 0. The molecule has 0 saturated heterocycles. The molecule has 0 heterocycles. The number of carbonyl (C=O) groups is 3. The second-order valence-electron chi connectivity index (χ2n) is 3.24. The van der Waals surface area contributed by atoms with Crippen LogP contribution in [0.3, 0.4) is 0 Å². The molecule has 1 aromatic rings. The third-order valence-corrected chi connectivity index (χ3v) is 2.10. The molecular formula is C11H10O6. The Hall–Kier alpha value is -2.37. The summed E-state index contributed by atoms with van der Waals surface area (Å²) in [7, 11) is 1.17. The van der Waals surface area contributed by atoms with Crippen molar-refractivity contribution >= 4 is 17.9 Å². The zero-order valence-electron chi connectivity index (χ0n) is 8.97. The maximum absolute atomic E-state index is 11.2. The smallest absolute Gasteiger partial charge is 0.337 e. The largest absolute Gasteiger partial charge is 0.481 e. The van der Waals surface area contributed by atoms with Crippen molar-refractivity contribution in [2.75, 3.05) is 7.11 Å². The predicted molar refractivity (Wildman–Crippen MR) is 56.1 cm³/mol. The monoisotopic (exact) mass is 238 g/mol. The standard InChI is InChI=1S/C11H10O6/c1-17-11(16)7-3-2-6(5-9(12)13)8(4-7)10(14)15/h2-4H,5H2,1H3,(H,12,13)(H,14,15). The van der Waals surface area contributed by atoms with E-state index in [9.17, 15) is 14.4 Å². The van der Waals surface area contributed by atoms with Gasteiger partial charge in [-0.2, -0.15) is 0 Å². The number of carbonyl (C=O) groups excluding carboxylic acids is 1. The van der Waals surface area contributed by atoms with Crippen molar-refractivity contribution < 1.29 is 29.3 Å². The molecule has 0 saturated carbocycles. The van der Waals surface area contributed by atoms with Crippen molar-refractivity contribution in [3.05, 3.63) is 34.9 Å². The van der Waals surface area contributed by atoms with Gasteiger partial charge in [-0.15, -0.1) is 0 Å². The molecule has 0 radical (unpaired) electrons. The lowest BCUT2D eigenvalue weighted by molar-refractivity contribution is -0.136. The van der Waals surface area contributed by atoms with Gasteiger partial charge in [0.25, 0.3) is 0 Å². The van der Waals surface area contributed by atoms with Gasteiger partial charge in [-0.25, -0.2) is 9.59 Å². The number of methoxy groups -OCH3 is 1. The van der Waals surface area contributed by atoms with Crippen molar-refractivity contribution in [3.8, 4) is 0 Å². The Bertz CT molecular complexity index is 477. The highest BCUT2D eigenvalue weighted by Crippen LogP contribution is 2.14. The van der Waals surface area contributed by atoms with Gasteiger partial charge in [0.1, 0.15) is 0 Å². The summed E-state index contributed by atoms with van der Waals surface area (Å²) < 4.78 is 4.44. The summed E-state index contributed by atoms with van der Waals surface area (Å²) in [5.41, 5.74) is -0.00741. The first-order valence-electron chi connectivity index (χ1n) is 4.62. The van der Waals surface area contributed by atoms with E-state index in [0.717, 1.165) is 6.07 Å². The molecule has 0 unspecified atom stereocenters. The van der Waals surface area contributed by atoms with Gasteiger partial charge in [0, 0.05) is 0 Å². The molecule has 0 atom stereocenters. The quantitative estimate of drug-likeness (QED) is 0.752. The summed E-state index contributed by atoms with van der Waals surface area (Å²) in [5.74, 6) is -3.10. The average molecular weight is 238 g/mol. The summed E-state index contributed by atoms with van der Waals surface area (Å²) in [6, 6.07) is 3.73. The normalized spacial score (nSPS) is 9.71. The maximum atomic E-state index is 11.2. The lowest BCUT2D eigenvalue weighted by Gasteiger charge is -2.05. The first kappa shape index (κ1) is 12.7. The van der Waals surface area contributed by atoms with E-state index in [2.05, 4.69) is 4.74 Å². The van der Waals surface area contributed by atoms with Crippen LogP contribution in [0.1, 0.15) is 26.3 Å². The molecule has 1 rings (SSSR count). The van der Waals surface area contributed by atoms with Crippen LogP contribution in [-0.2, 0) is 16.0 Å². The number of ether oxygens (including phenoxy) is 1. The summed E-state index contributed by atoms with van der Waals surface area (Å²) >= 11 is 0. The average Bonchev–Trinajstić information content (AvgIpc) is 2.27. The maximum Gasteiger partial charge on any atom is 0.337 e. The van der Waals surface area contributed by atoms with E-state index in [1.165, 1.54) is 19.2 Å². The number of rotatable bonds is 4. The van der Waals surface area contributed by atoms with Gasteiger partial charge in [0.2, 0.25) is 0 Å². The Balaban J connectivity index is 3.21. The molecule has 0 aliphatic rings. The fourth-order valence-electron chi connectivity index (χ4n) is 1.34. The van der Waals surface area contributed by atoms with E-state index in [1.807, 2.05) is 0 Å². The number of benzene rings is 1. The zero-order chi connectivity index (χ0) is 13.0. The second-order valence-corrected chi connectivity index (χ2v) is 3.24. The minimum Gasteiger partial charge on any atom is -0.481 e. The molecule has 0 amide bonds. The molecule has 0 spiro atoms. The third kappa shape index (κ3) is 3.04. The minimum atomic E-state index is -1.29. The van der Waals surface area contributed by atoms with Crippen LogP contribution >= 0.6 is 0 Å². The minimum absolute atomic E-state index is 0.0686. The van der Waals surface area contributed by atoms with Crippen molar-refractivity contribution in [1.82, 2.24) is 0 Å². The fraction of sp³-hybridized carbons (Fsp3) is 0.182. The first-order valence-corrected chi connectivity index (χ1v) is 4.62. The Morgan fingerprint density at radius 2 is 1.88 bits per heavy atom. The molecule has 0 aliphatic heterocycles. The van der Waals surface area contributed by atoms with Gasteiger partial charge in [-0.05, 0) is 17.7 Å². The van der Waals surface area contributed by atoms with E-state index in [-0.39, 0.29) is 16.7 Å². The van der Waals surface area contributed by atoms with Gasteiger partial charge in [0.05, 0.1) is 24.7 Å². The Morgan fingerprint density at radius 3 is 2.35 bits per heavy atom. The second kappa shape index (κ2) is 5.11. The number of esters is 1. The molecule has 0 aliphatic carbocycles. The van der Waals surface area contributed by atoms with Crippen molar-refractivity contribution in [1.29, 1.82) is 0 Å². The number of carboxylic acids is 2. The molecule has 1 aromatic carbocycles. The number of carboxylic acid groups (broad SMARTS) is 2. The zero-order valence-corrected chi connectivity index (χ0v) is 8.97. The molecule has 0 aromatic heterocycles. The molecule has 6 nitrogen and oxygen atoms in total. The highest BCUT2D eigenvalue weighted by atomic mass is 16.5. The fourth-order valence-corrected chi connectivity index (χ4v) is 1.34. The molecular weight excluding hydrogens is 228 g/mol. The summed E-state index contributed by atoms with van der Waals surface area (Å²) in [6.07, 6.45) is -0.414. The van der Waals surface area contributed by atoms with Gasteiger partial charge in [0.15, 0.2) is 0 Å². The van der Waals surface area contributed by atoms with Crippen LogP contribution in [0.4, 0.5) is 0 Å². The predicted octanol–water partition coefficient (Wildman–Crippen LogP) is 0.798. The van der Waals surface area contributed by atoms with Crippen molar-refractivity contribution in [2.24, 2.45) is 0 Å². The van der Waals surface area contributed by atoms with Crippen LogP contribution in [-0.4, -0.2) is 35.2 Å². The highest BCUT2D eigenvalue weighted by molar-refractivity contribution is 5.96.